The van der Waals surface area contributed by atoms with E-state index in [9.17, 15) is 13.2 Å². The van der Waals surface area contributed by atoms with Gasteiger partial charge in [0.15, 0.2) is 0 Å². The highest BCUT2D eigenvalue weighted by Crippen LogP contribution is 2.22. The van der Waals surface area contributed by atoms with Crippen LogP contribution in [0.3, 0.4) is 0 Å². The van der Waals surface area contributed by atoms with Gasteiger partial charge in [0.25, 0.3) is 0 Å². The van der Waals surface area contributed by atoms with E-state index >= 15 is 0 Å². The number of rotatable bonds is 6. The number of carbonyl (C=O) groups is 1. The van der Waals surface area contributed by atoms with Crippen molar-refractivity contribution in [1.29, 1.82) is 0 Å². The Morgan fingerprint density at radius 2 is 1.64 bits per heavy atom. The molecule has 0 saturated heterocycles. The summed E-state index contributed by atoms with van der Waals surface area (Å²) in [6.07, 6.45) is 0. The summed E-state index contributed by atoms with van der Waals surface area (Å²) in [4.78, 5) is 11.7. The number of carbonyl (C=O) groups excluding carboxylic acids is 1. The van der Waals surface area contributed by atoms with E-state index in [2.05, 4.69) is 29.1 Å². The minimum Gasteiger partial charge on any atom is -0.460 e. The predicted octanol–water partition coefficient (Wildman–Crippen LogP) is 2.21. The summed E-state index contributed by atoms with van der Waals surface area (Å²) in [7, 11) is -3.01. The molecule has 0 aliphatic heterocycles. The topological polar surface area (TPSA) is 114 Å². The molecule has 1 aromatic carbocycles. The lowest BCUT2D eigenvalue weighted by molar-refractivity contribution is 0.0443. The summed E-state index contributed by atoms with van der Waals surface area (Å²) in [6.45, 7) is 5.76. The van der Waals surface area contributed by atoms with Crippen LogP contribution in [-0.2, 0) is 28.9 Å². The maximum atomic E-state index is 11.7. The largest absolute Gasteiger partial charge is 0.460 e. The molecule has 126 valence electrons. The van der Waals surface area contributed by atoms with E-state index in [1.807, 2.05) is 12.1 Å². The monoisotopic (exact) mass is 333 g/mol. The summed E-state index contributed by atoms with van der Waals surface area (Å²) in [5.41, 5.74) is 1.51. The molecule has 0 atom stereocenters. The number of ether oxygens (including phenoxy) is 1. The molecule has 0 aromatic heterocycles. The van der Waals surface area contributed by atoms with Gasteiger partial charge in [-0.1, -0.05) is 32.9 Å². The molecule has 1 aromatic rings. The van der Waals surface area contributed by atoms with Crippen molar-refractivity contribution in [3.63, 3.8) is 0 Å². The van der Waals surface area contributed by atoms with Crippen molar-refractivity contribution in [2.24, 2.45) is 0 Å². The van der Waals surface area contributed by atoms with Crippen molar-refractivity contribution >= 4 is 16.4 Å². The maximum absolute atomic E-state index is 11.7. The van der Waals surface area contributed by atoms with Crippen LogP contribution in [0.5, 0.6) is 0 Å². The van der Waals surface area contributed by atoms with Gasteiger partial charge >= 0.3 is 16.4 Å². The lowest BCUT2D eigenvalue weighted by Gasteiger charge is -2.18. The van der Waals surface area contributed by atoms with E-state index in [0.29, 0.717) is 5.56 Å². The summed E-state index contributed by atoms with van der Waals surface area (Å²) in [5.74, 6) is -0.533. The Kier molecular flexibility index (Phi) is 7.68. The first-order chi connectivity index (χ1) is 9.65. The SMILES string of the molecule is COS(=O)(=O)OCCOC(=O)c1ccc(C(C)(C)C)cc1.N. The van der Waals surface area contributed by atoms with Gasteiger partial charge < -0.3 is 10.9 Å². The standard InChI is InChI=1S/C14H20O6S.H3N/c1-14(2,3)12-7-5-11(6-8-12)13(15)19-9-10-20-21(16,17)18-4;/h5-8H,9-10H2,1-4H3;1H3. The smallest absolute Gasteiger partial charge is 0.399 e. The average Bonchev–Trinajstić information content (AvgIpc) is 2.42. The second kappa shape index (κ2) is 8.23. The number of benzene rings is 1. The van der Waals surface area contributed by atoms with Crippen LogP contribution in [0.4, 0.5) is 0 Å². The zero-order valence-electron chi connectivity index (χ0n) is 13.3. The summed E-state index contributed by atoms with van der Waals surface area (Å²) < 4.78 is 35.1. The molecule has 0 aliphatic carbocycles. The normalized spacial score (nSPS) is 11.6. The van der Waals surface area contributed by atoms with Gasteiger partial charge in [-0.25, -0.2) is 8.98 Å². The fraction of sp³-hybridized carbons (Fsp3) is 0.500. The Labute approximate surface area is 131 Å². The van der Waals surface area contributed by atoms with Crippen molar-refractivity contribution in [3.8, 4) is 0 Å². The van der Waals surface area contributed by atoms with Crippen molar-refractivity contribution in [1.82, 2.24) is 6.15 Å². The van der Waals surface area contributed by atoms with Gasteiger partial charge in [0.1, 0.15) is 13.2 Å². The first kappa shape index (κ1) is 20.5. The fourth-order valence-electron chi connectivity index (χ4n) is 1.51. The van der Waals surface area contributed by atoms with E-state index < -0.39 is 16.4 Å². The van der Waals surface area contributed by atoms with E-state index in [1.54, 1.807) is 12.1 Å². The van der Waals surface area contributed by atoms with Crippen LogP contribution in [0, 0.1) is 0 Å². The molecular formula is C14H23NO6S. The summed E-state index contributed by atoms with van der Waals surface area (Å²) in [6, 6.07) is 7.08. The maximum Gasteiger partial charge on any atom is 0.399 e. The highest BCUT2D eigenvalue weighted by atomic mass is 32.3. The minimum absolute atomic E-state index is 0. The van der Waals surface area contributed by atoms with Crippen molar-refractivity contribution in [2.45, 2.75) is 26.2 Å². The second-order valence-electron chi connectivity index (χ2n) is 5.36. The van der Waals surface area contributed by atoms with Gasteiger partial charge in [0.2, 0.25) is 0 Å². The molecule has 0 heterocycles. The van der Waals surface area contributed by atoms with Crippen molar-refractivity contribution in [2.75, 3.05) is 20.3 Å². The Morgan fingerprint density at radius 1 is 1.09 bits per heavy atom. The van der Waals surface area contributed by atoms with Gasteiger partial charge in [-0.15, -0.1) is 0 Å². The van der Waals surface area contributed by atoms with Crippen LogP contribution in [0.2, 0.25) is 0 Å². The average molecular weight is 333 g/mol. The molecule has 1 rings (SSSR count). The summed E-state index contributed by atoms with van der Waals surface area (Å²) in [5, 5.41) is 0. The number of esters is 1. The van der Waals surface area contributed by atoms with E-state index in [1.165, 1.54) is 0 Å². The predicted molar refractivity (Wildman–Crippen MR) is 82.3 cm³/mol. The molecule has 0 saturated carbocycles. The molecule has 0 spiro atoms. The van der Waals surface area contributed by atoms with Crippen molar-refractivity contribution in [3.05, 3.63) is 35.4 Å². The fourth-order valence-corrected chi connectivity index (χ4v) is 1.88. The van der Waals surface area contributed by atoms with Crippen LogP contribution in [-0.4, -0.2) is 34.7 Å². The second-order valence-corrected chi connectivity index (χ2v) is 6.75. The molecule has 8 heteroatoms. The zero-order valence-corrected chi connectivity index (χ0v) is 14.1. The minimum atomic E-state index is -4.00. The van der Waals surface area contributed by atoms with E-state index in [4.69, 9.17) is 4.74 Å². The van der Waals surface area contributed by atoms with Crippen LogP contribution >= 0.6 is 0 Å². The Morgan fingerprint density at radius 3 is 2.09 bits per heavy atom. The third kappa shape index (κ3) is 6.52. The number of hydrogen-bond donors (Lipinski definition) is 1. The molecule has 0 fully saturated rings. The van der Waals surface area contributed by atoms with Crippen LogP contribution < -0.4 is 6.15 Å². The number of hydrogen-bond acceptors (Lipinski definition) is 7. The zero-order chi connectivity index (χ0) is 16.1. The van der Waals surface area contributed by atoms with Gasteiger partial charge in [-0.05, 0) is 23.1 Å². The van der Waals surface area contributed by atoms with Crippen LogP contribution in [0.1, 0.15) is 36.7 Å². The first-order valence-corrected chi connectivity index (χ1v) is 7.72. The van der Waals surface area contributed by atoms with Crippen LogP contribution in [0.25, 0.3) is 0 Å². The van der Waals surface area contributed by atoms with Gasteiger partial charge in [0, 0.05) is 0 Å². The highest BCUT2D eigenvalue weighted by molar-refractivity contribution is 7.81. The third-order valence-corrected chi connectivity index (χ3v) is 3.60. The quantitative estimate of drug-likeness (QED) is 0.627. The van der Waals surface area contributed by atoms with Crippen LogP contribution in [0.15, 0.2) is 24.3 Å². The van der Waals surface area contributed by atoms with Gasteiger partial charge in [0.05, 0.1) is 12.7 Å². The third-order valence-electron chi connectivity index (χ3n) is 2.73. The Bertz CT molecular complexity index is 574. The van der Waals surface area contributed by atoms with Gasteiger partial charge in [-0.3, -0.25) is 4.18 Å². The molecule has 0 aliphatic rings. The molecule has 0 bridgehead atoms. The van der Waals surface area contributed by atoms with E-state index in [0.717, 1.165) is 12.7 Å². The van der Waals surface area contributed by atoms with Crippen molar-refractivity contribution < 1.29 is 26.3 Å². The molecule has 0 unspecified atom stereocenters. The lowest BCUT2D eigenvalue weighted by Crippen LogP contribution is -2.15. The Balaban J connectivity index is 0.00000441. The molecule has 3 N–H and O–H groups in total. The molecule has 22 heavy (non-hydrogen) atoms. The lowest BCUT2D eigenvalue weighted by atomic mass is 9.87. The molecule has 0 amide bonds. The van der Waals surface area contributed by atoms with Gasteiger partial charge in [-0.2, -0.15) is 8.42 Å². The summed E-state index contributed by atoms with van der Waals surface area (Å²) >= 11 is 0. The Hall–Kier alpha value is -1.48. The molecular weight excluding hydrogens is 310 g/mol. The van der Waals surface area contributed by atoms with E-state index in [-0.39, 0.29) is 24.8 Å². The molecule has 0 radical (unpaired) electrons. The molecule has 7 nitrogen and oxygen atoms in total. The first-order valence-electron chi connectivity index (χ1n) is 6.38. The highest BCUT2D eigenvalue weighted by Gasteiger charge is 2.15.